The van der Waals surface area contributed by atoms with Crippen LogP contribution in [-0.2, 0) is 9.47 Å². The fraction of sp³-hybridized carbons (Fsp3) is 0.556. The molecule has 1 aliphatic rings. The molecule has 0 bridgehead atoms. The second kappa shape index (κ2) is 3.46. The van der Waals surface area contributed by atoms with Crippen LogP contribution >= 0.6 is 0 Å². The molecule has 0 aromatic rings. The number of hydrogen-bond acceptors (Lipinski definition) is 2. The molecule has 0 spiro atoms. The zero-order chi connectivity index (χ0) is 8.27. The molecular weight excluding hydrogens is 140 g/mol. The number of ether oxygens (including phenoxy) is 2. The van der Waals surface area contributed by atoms with Gasteiger partial charge in [-0.25, -0.2) is 0 Å². The van der Waals surface area contributed by atoms with E-state index in [0.29, 0.717) is 12.7 Å². The lowest BCUT2D eigenvalue weighted by Gasteiger charge is -1.95. The molecule has 62 valence electrons. The van der Waals surface area contributed by atoms with Crippen LogP contribution in [0, 0.1) is 5.92 Å². The van der Waals surface area contributed by atoms with E-state index in [1.54, 1.807) is 0 Å². The van der Waals surface area contributed by atoms with Crippen LogP contribution < -0.4 is 0 Å². The quantitative estimate of drug-likeness (QED) is 0.608. The van der Waals surface area contributed by atoms with Crippen molar-refractivity contribution in [3.05, 3.63) is 23.7 Å². The van der Waals surface area contributed by atoms with Gasteiger partial charge >= 0.3 is 0 Å². The van der Waals surface area contributed by atoms with Crippen LogP contribution in [0.2, 0.25) is 0 Å². The van der Waals surface area contributed by atoms with E-state index >= 15 is 0 Å². The number of allylic oxidation sites excluding steroid dienone is 3. The maximum Gasteiger partial charge on any atom is 0.230 e. The van der Waals surface area contributed by atoms with E-state index in [2.05, 4.69) is 19.9 Å². The van der Waals surface area contributed by atoms with Gasteiger partial charge in [-0.15, -0.1) is 0 Å². The van der Waals surface area contributed by atoms with Gasteiger partial charge in [-0.05, 0) is 18.9 Å². The molecule has 0 saturated carbocycles. The van der Waals surface area contributed by atoms with Gasteiger partial charge in [0, 0.05) is 0 Å². The fourth-order valence-corrected chi connectivity index (χ4v) is 0.799. The minimum atomic E-state index is 0.365. The summed E-state index contributed by atoms with van der Waals surface area (Å²) in [5, 5.41) is 0. The maximum absolute atomic E-state index is 5.19. The molecule has 11 heavy (non-hydrogen) atoms. The molecule has 2 heteroatoms. The summed E-state index contributed by atoms with van der Waals surface area (Å²) in [5.41, 5.74) is 0. The van der Waals surface area contributed by atoms with Crippen LogP contribution in [0.4, 0.5) is 0 Å². The van der Waals surface area contributed by atoms with Crippen molar-refractivity contribution >= 4 is 0 Å². The normalized spacial score (nSPS) is 17.8. The molecule has 0 aromatic heterocycles. The van der Waals surface area contributed by atoms with Gasteiger partial charge in [0.15, 0.2) is 5.76 Å². The van der Waals surface area contributed by atoms with Crippen molar-refractivity contribution in [3.8, 4) is 0 Å². The van der Waals surface area contributed by atoms with E-state index in [9.17, 15) is 0 Å². The fourth-order valence-electron chi connectivity index (χ4n) is 0.799. The minimum Gasteiger partial charge on any atom is -0.458 e. The monoisotopic (exact) mass is 154 g/mol. The molecule has 0 atom stereocenters. The van der Waals surface area contributed by atoms with Crippen molar-refractivity contribution in [2.75, 3.05) is 6.79 Å². The van der Waals surface area contributed by atoms with Crippen LogP contribution in [0.15, 0.2) is 23.7 Å². The highest BCUT2D eigenvalue weighted by molar-refractivity contribution is 5.17. The topological polar surface area (TPSA) is 18.5 Å². The Labute approximate surface area is 67.5 Å². The Morgan fingerprint density at radius 3 is 2.55 bits per heavy atom. The molecule has 0 fully saturated rings. The Balaban J connectivity index is 2.54. The Morgan fingerprint density at radius 1 is 1.36 bits per heavy atom. The summed E-state index contributed by atoms with van der Waals surface area (Å²) < 4.78 is 10.3. The summed E-state index contributed by atoms with van der Waals surface area (Å²) in [7, 11) is 0. The smallest absolute Gasteiger partial charge is 0.230 e. The van der Waals surface area contributed by atoms with Crippen LogP contribution in [0.5, 0.6) is 0 Å². The van der Waals surface area contributed by atoms with Gasteiger partial charge in [-0.2, -0.15) is 0 Å². The van der Waals surface area contributed by atoms with Crippen molar-refractivity contribution in [2.24, 2.45) is 5.92 Å². The SMILES string of the molecule is CC1=C(/C=C\C(C)C)OCO1. The zero-order valence-electron chi connectivity index (χ0n) is 7.26. The lowest BCUT2D eigenvalue weighted by atomic mass is 10.2. The number of rotatable bonds is 2. The Bertz CT molecular complexity index is 190. The van der Waals surface area contributed by atoms with Gasteiger partial charge < -0.3 is 9.47 Å². The predicted octanol–water partition coefficient (Wildman–Crippen LogP) is 2.43. The highest BCUT2D eigenvalue weighted by Gasteiger charge is 2.08. The lowest BCUT2D eigenvalue weighted by Crippen LogP contribution is -1.83. The molecule has 0 aliphatic carbocycles. The first-order valence-electron chi connectivity index (χ1n) is 3.85. The van der Waals surface area contributed by atoms with E-state index < -0.39 is 0 Å². The first kappa shape index (κ1) is 8.18. The van der Waals surface area contributed by atoms with Crippen molar-refractivity contribution in [3.63, 3.8) is 0 Å². The molecule has 0 saturated heterocycles. The molecule has 1 heterocycles. The van der Waals surface area contributed by atoms with Crippen LogP contribution in [0.3, 0.4) is 0 Å². The predicted molar refractivity (Wildman–Crippen MR) is 43.7 cm³/mol. The standard InChI is InChI=1S/C9H14O2/c1-7(2)4-5-9-8(3)10-6-11-9/h4-5,7H,6H2,1-3H3/b5-4-. The third-order valence-electron chi connectivity index (χ3n) is 1.47. The van der Waals surface area contributed by atoms with Crippen molar-refractivity contribution in [1.82, 2.24) is 0 Å². The molecule has 1 rings (SSSR count). The highest BCUT2D eigenvalue weighted by atomic mass is 16.7. The Hall–Kier alpha value is -0.920. The molecule has 0 amide bonds. The van der Waals surface area contributed by atoms with Gasteiger partial charge in [-0.3, -0.25) is 0 Å². The zero-order valence-corrected chi connectivity index (χ0v) is 7.26. The van der Waals surface area contributed by atoms with Crippen molar-refractivity contribution < 1.29 is 9.47 Å². The van der Waals surface area contributed by atoms with Gasteiger partial charge in [0.25, 0.3) is 0 Å². The van der Waals surface area contributed by atoms with Crippen LogP contribution in [0.25, 0.3) is 0 Å². The third-order valence-corrected chi connectivity index (χ3v) is 1.47. The third kappa shape index (κ3) is 2.30. The highest BCUT2D eigenvalue weighted by Crippen LogP contribution is 2.16. The van der Waals surface area contributed by atoms with Crippen molar-refractivity contribution in [2.45, 2.75) is 20.8 Å². The minimum absolute atomic E-state index is 0.365. The Morgan fingerprint density at radius 2 is 2.09 bits per heavy atom. The summed E-state index contributed by atoms with van der Waals surface area (Å²) in [5.74, 6) is 2.29. The van der Waals surface area contributed by atoms with Gasteiger partial charge in [0.05, 0.1) is 0 Å². The number of hydrogen-bond donors (Lipinski definition) is 0. The second-order valence-corrected chi connectivity index (χ2v) is 2.93. The van der Waals surface area contributed by atoms with E-state index in [0.717, 1.165) is 11.5 Å². The molecule has 0 radical (unpaired) electrons. The van der Waals surface area contributed by atoms with Gasteiger partial charge in [-0.1, -0.05) is 19.9 Å². The summed E-state index contributed by atoms with van der Waals surface area (Å²) in [6, 6.07) is 0. The first-order valence-corrected chi connectivity index (χ1v) is 3.85. The summed E-state index contributed by atoms with van der Waals surface area (Å²) in [4.78, 5) is 0. The second-order valence-electron chi connectivity index (χ2n) is 2.93. The van der Waals surface area contributed by atoms with Gasteiger partial charge in [0.2, 0.25) is 6.79 Å². The van der Waals surface area contributed by atoms with E-state index in [1.807, 2.05) is 13.0 Å². The molecule has 0 aromatic carbocycles. The van der Waals surface area contributed by atoms with Crippen molar-refractivity contribution in [1.29, 1.82) is 0 Å². The van der Waals surface area contributed by atoms with Gasteiger partial charge in [0.1, 0.15) is 5.76 Å². The molecule has 0 unspecified atom stereocenters. The maximum atomic E-state index is 5.19. The first-order chi connectivity index (χ1) is 5.20. The average molecular weight is 154 g/mol. The average Bonchev–Trinajstić information content (AvgIpc) is 2.31. The lowest BCUT2D eigenvalue weighted by molar-refractivity contribution is 0.0750. The Kier molecular flexibility index (Phi) is 2.58. The van der Waals surface area contributed by atoms with E-state index in [1.165, 1.54) is 0 Å². The molecule has 2 nitrogen and oxygen atoms in total. The molecular formula is C9H14O2. The van der Waals surface area contributed by atoms with E-state index in [-0.39, 0.29) is 0 Å². The summed E-state index contributed by atoms with van der Waals surface area (Å²) in [6.45, 7) is 6.53. The molecule has 0 N–H and O–H groups in total. The van der Waals surface area contributed by atoms with Crippen LogP contribution in [-0.4, -0.2) is 6.79 Å². The molecule has 1 aliphatic heterocycles. The largest absolute Gasteiger partial charge is 0.458 e. The van der Waals surface area contributed by atoms with E-state index in [4.69, 9.17) is 9.47 Å². The summed E-state index contributed by atoms with van der Waals surface area (Å²) >= 11 is 0. The van der Waals surface area contributed by atoms with Crippen LogP contribution in [0.1, 0.15) is 20.8 Å². The summed E-state index contributed by atoms with van der Waals surface area (Å²) in [6.07, 6.45) is 4.06.